The quantitative estimate of drug-likeness (QED) is 0.532. The van der Waals surface area contributed by atoms with Gasteiger partial charge in [0.15, 0.2) is 0 Å². The van der Waals surface area contributed by atoms with Crippen LogP contribution in [0.3, 0.4) is 0 Å². The molecular weight excluding hydrogens is 454 g/mol. The third kappa shape index (κ3) is 4.73. The smallest absolute Gasteiger partial charge is 0.319 e. The summed E-state index contributed by atoms with van der Waals surface area (Å²) in [7, 11) is 2.12. The van der Waals surface area contributed by atoms with E-state index in [-0.39, 0.29) is 11.7 Å². The molecule has 8 heteroatoms. The molecule has 0 saturated carbocycles. The van der Waals surface area contributed by atoms with Crippen molar-refractivity contribution in [2.75, 3.05) is 51.3 Å². The van der Waals surface area contributed by atoms with Crippen LogP contribution >= 0.6 is 0 Å². The van der Waals surface area contributed by atoms with Crippen LogP contribution in [0, 0.1) is 6.92 Å². The topological polar surface area (TPSA) is 82.0 Å². The first-order valence-electron chi connectivity index (χ1n) is 12.5. The predicted molar refractivity (Wildman–Crippen MR) is 142 cm³/mol. The van der Waals surface area contributed by atoms with E-state index in [1.54, 1.807) is 11.0 Å². The fraction of sp³-hybridized carbons (Fsp3) is 0.393. The average Bonchev–Trinajstić information content (AvgIpc) is 3.32. The van der Waals surface area contributed by atoms with Gasteiger partial charge in [-0.3, -0.25) is 4.79 Å². The number of anilines is 1. The van der Waals surface area contributed by atoms with Crippen LogP contribution in [0.25, 0.3) is 22.0 Å². The SMILES string of the molecule is C=CC(=O)N1CCN(c2nc(OCC3CCCN3C)nc(-c3ccc4cccc(O)c4c3)c2C)CC1. The van der Waals surface area contributed by atoms with Gasteiger partial charge >= 0.3 is 6.01 Å². The first-order chi connectivity index (χ1) is 17.4. The molecule has 1 amide bonds. The number of aromatic nitrogens is 2. The van der Waals surface area contributed by atoms with E-state index in [0.29, 0.717) is 44.8 Å². The molecule has 3 aromatic rings. The lowest BCUT2D eigenvalue weighted by molar-refractivity contribution is -0.126. The van der Waals surface area contributed by atoms with E-state index >= 15 is 0 Å². The van der Waals surface area contributed by atoms with Crippen LogP contribution in [0.4, 0.5) is 5.82 Å². The Morgan fingerprint density at radius 3 is 2.69 bits per heavy atom. The molecule has 188 valence electrons. The molecule has 8 nitrogen and oxygen atoms in total. The minimum Gasteiger partial charge on any atom is -0.507 e. The molecule has 2 aromatic carbocycles. The first-order valence-corrected chi connectivity index (χ1v) is 12.5. The highest BCUT2D eigenvalue weighted by Gasteiger charge is 2.26. The molecule has 2 fully saturated rings. The highest BCUT2D eigenvalue weighted by atomic mass is 16.5. The Morgan fingerprint density at radius 2 is 1.97 bits per heavy atom. The van der Waals surface area contributed by atoms with Gasteiger partial charge in [0.1, 0.15) is 18.2 Å². The number of hydrogen-bond acceptors (Lipinski definition) is 7. The number of piperazine rings is 1. The van der Waals surface area contributed by atoms with E-state index in [2.05, 4.69) is 23.4 Å². The van der Waals surface area contributed by atoms with Crippen LogP contribution < -0.4 is 9.64 Å². The molecule has 2 saturated heterocycles. The number of carbonyl (C=O) groups excluding carboxylic acids is 1. The molecule has 0 spiro atoms. The van der Waals surface area contributed by atoms with Crippen LogP contribution in [0.1, 0.15) is 18.4 Å². The van der Waals surface area contributed by atoms with Crippen molar-refractivity contribution in [3.05, 3.63) is 54.6 Å². The highest BCUT2D eigenvalue weighted by Crippen LogP contribution is 2.34. The van der Waals surface area contributed by atoms with Crippen LogP contribution in [0.5, 0.6) is 11.8 Å². The lowest BCUT2D eigenvalue weighted by Gasteiger charge is -2.35. The number of carbonyl (C=O) groups is 1. The van der Waals surface area contributed by atoms with Gasteiger partial charge in [-0.15, -0.1) is 0 Å². The number of aromatic hydroxyl groups is 1. The zero-order valence-corrected chi connectivity index (χ0v) is 21.0. The van der Waals surface area contributed by atoms with Crippen molar-refractivity contribution in [1.82, 2.24) is 19.8 Å². The molecule has 2 aliphatic heterocycles. The van der Waals surface area contributed by atoms with E-state index in [9.17, 15) is 9.90 Å². The third-order valence-corrected chi connectivity index (χ3v) is 7.37. The Balaban J connectivity index is 1.50. The lowest BCUT2D eigenvalue weighted by atomic mass is 10.0. The van der Waals surface area contributed by atoms with Crippen molar-refractivity contribution in [3.8, 4) is 23.0 Å². The number of fused-ring (bicyclic) bond motifs is 1. The summed E-state index contributed by atoms with van der Waals surface area (Å²) in [5.41, 5.74) is 2.62. The maximum atomic E-state index is 12.1. The van der Waals surface area contributed by atoms with Crippen molar-refractivity contribution in [3.63, 3.8) is 0 Å². The molecule has 5 rings (SSSR count). The summed E-state index contributed by atoms with van der Waals surface area (Å²) in [6.07, 6.45) is 3.64. The van der Waals surface area contributed by atoms with Crippen molar-refractivity contribution < 1.29 is 14.6 Å². The number of amides is 1. The Morgan fingerprint density at radius 1 is 1.17 bits per heavy atom. The van der Waals surface area contributed by atoms with Gasteiger partial charge in [0.2, 0.25) is 5.91 Å². The van der Waals surface area contributed by atoms with Crippen LogP contribution in [0.2, 0.25) is 0 Å². The largest absolute Gasteiger partial charge is 0.507 e. The number of phenols is 1. The van der Waals surface area contributed by atoms with Gasteiger partial charge in [-0.1, -0.05) is 30.8 Å². The van der Waals surface area contributed by atoms with E-state index in [1.807, 2.05) is 37.3 Å². The number of likely N-dealkylation sites (tertiary alicyclic amines) is 1. The standard InChI is InChI=1S/C28H33N5O3/c1-4-25(35)32-13-15-33(16-14-32)27-19(2)26(21-11-10-20-7-5-9-24(34)23(20)17-21)29-28(30-27)36-18-22-8-6-12-31(22)3/h4-5,7,9-11,17,22,34H,1,6,8,12-16,18H2,2-3H3. The normalized spacial score (nSPS) is 18.6. The molecule has 1 atom stereocenters. The van der Waals surface area contributed by atoms with E-state index in [0.717, 1.165) is 46.4 Å². The second-order valence-corrected chi connectivity index (χ2v) is 9.62. The second-order valence-electron chi connectivity index (χ2n) is 9.62. The predicted octanol–water partition coefficient (Wildman–Crippen LogP) is 3.62. The van der Waals surface area contributed by atoms with Crippen molar-refractivity contribution >= 4 is 22.5 Å². The summed E-state index contributed by atoms with van der Waals surface area (Å²) in [6, 6.07) is 12.2. The molecule has 3 heterocycles. The maximum absolute atomic E-state index is 12.1. The minimum absolute atomic E-state index is 0.0459. The van der Waals surface area contributed by atoms with Crippen molar-refractivity contribution in [2.24, 2.45) is 0 Å². The summed E-state index contributed by atoms with van der Waals surface area (Å²) in [6.45, 7) is 9.80. The molecular formula is C28H33N5O3. The maximum Gasteiger partial charge on any atom is 0.319 e. The van der Waals surface area contributed by atoms with Crippen LogP contribution in [-0.4, -0.2) is 83.2 Å². The Kier molecular flexibility index (Phi) is 6.78. The Bertz CT molecular complexity index is 1290. The monoisotopic (exact) mass is 487 g/mol. The number of rotatable bonds is 6. The van der Waals surface area contributed by atoms with Gasteiger partial charge in [0, 0.05) is 48.7 Å². The number of ether oxygens (including phenoxy) is 1. The van der Waals surface area contributed by atoms with Crippen molar-refractivity contribution in [2.45, 2.75) is 25.8 Å². The number of nitrogens with zero attached hydrogens (tertiary/aromatic N) is 5. The zero-order chi connectivity index (χ0) is 25.2. The third-order valence-electron chi connectivity index (χ3n) is 7.37. The highest BCUT2D eigenvalue weighted by molar-refractivity contribution is 5.92. The molecule has 0 radical (unpaired) electrons. The average molecular weight is 488 g/mol. The molecule has 36 heavy (non-hydrogen) atoms. The summed E-state index contributed by atoms with van der Waals surface area (Å²) in [5, 5.41) is 12.2. The minimum atomic E-state index is -0.0459. The first kappa shape index (κ1) is 24.1. The molecule has 0 aliphatic carbocycles. The number of likely N-dealkylation sites (N-methyl/N-ethyl adjacent to an activating group) is 1. The molecule has 2 aliphatic rings. The number of hydrogen-bond donors (Lipinski definition) is 1. The van der Waals surface area contributed by atoms with Gasteiger partial charge in [-0.25, -0.2) is 0 Å². The zero-order valence-electron chi connectivity index (χ0n) is 21.0. The van der Waals surface area contributed by atoms with Gasteiger partial charge in [0.05, 0.1) is 5.69 Å². The van der Waals surface area contributed by atoms with E-state index in [1.165, 1.54) is 12.5 Å². The van der Waals surface area contributed by atoms with Gasteiger partial charge in [0.25, 0.3) is 0 Å². The summed E-state index contributed by atoms with van der Waals surface area (Å²) >= 11 is 0. The molecule has 0 bridgehead atoms. The summed E-state index contributed by atoms with van der Waals surface area (Å²) in [5.74, 6) is 1.01. The van der Waals surface area contributed by atoms with Gasteiger partial charge < -0.3 is 24.5 Å². The van der Waals surface area contributed by atoms with E-state index < -0.39 is 0 Å². The van der Waals surface area contributed by atoms with Crippen LogP contribution in [-0.2, 0) is 4.79 Å². The Labute approximate surface area is 211 Å². The molecule has 1 N–H and O–H groups in total. The van der Waals surface area contributed by atoms with Crippen molar-refractivity contribution in [1.29, 1.82) is 0 Å². The number of phenolic OH excluding ortho intramolecular Hbond substituents is 1. The van der Waals surface area contributed by atoms with Gasteiger partial charge in [-0.2, -0.15) is 9.97 Å². The summed E-state index contributed by atoms with van der Waals surface area (Å²) < 4.78 is 6.18. The Hall–Kier alpha value is -3.65. The fourth-order valence-corrected chi connectivity index (χ4v) is 5.17. The lowest BCUT2D eigenvalue weighted by Crippen LogP contribution is -2.48. The summed E-state index contributed by atoms with van der Waals surface area (Å²) in [4.78, 5) is 28.1. The molecule has 1 aromatic heterocycles. The molecule has 1 unspecified atom stereocenters. The van der Waals surface area contributed by atoms with Gasteiger partial charge in [-0.05, 0) is 57.0 Å². The van der Waals surface area contributed by atoms with E-state index in [4.69, 9.17) is 14.7 Å². The second kappa shape index (κ2) is 10.1. The van der Waals surface area contributed by atoms with Crippen LogP contribution in [0.15, 0.2) is 49.1 Å². The fourth-order valence-electron chi connectivity index (χ4n) is 5.17. The number of benzene rings is 2.